The minimum atomic E-state index is -0.474. The second-order valence-corrected chi connectivity index (χ2v) is 3.47. The lowest BCUT2D eigenvalue weighted by molar-refractivity contribution is 0.0607. The second kappa shape index (κ2) is 7.26. The van der Waals surface area contributed by atoms with Crippen LogP contribution in [0.3, 0.4) is 0 Å². The van der Waals surface area contributed by atoms with E-state index in [-0.39, 0.29) is 18.6 Å². The summed E-state index contributed by atoms with van der Waals surface area (Å²) < 4.78 is 4.78. The molecule has 13 heavy (non-hydrogen) atoms. The fourth-order valence-electron chi connectivity index (χ4n) is 0.933. The highest BCUT2D eigenvalue weighted by molar-refractivity contribution is 4.69. The summed E-state index contributed by atoms with van der Waals surface area (Å²) >= 11 is 0. The fourth-order valence-corrected chi connectivity index (χ4v) is 0.933. The predicted octanol–water partition coefficient (Wildman–Crippen LogP) is -0.400. The van der Waals surface area contributed by atoms with Gasteiger partial charge in [-0.25, -0.2) is 0 Å². The summed E-state index contributed by atoms with van der Waals surface area (Å²) in [5, 5.41) is 21.3. The molecule has 0 saturated heterocycles. The summed E-state index contributed by atoms with van der Waals surface area (Å²) in [5.41, 5.74) is 0. The number of hydrogen-bond donors (Lipinski definition) is 3. The van der Waals surface area contributed by atoms with Crippen LogP contribution in [0.5, 0.6) is 0 Å². The number of rotatable bonds is 7. The molecule has 0 heterocycles. The van der Waals surface area contributed by atoms with Gasteiger partial charge in [-0.2, -0.15) is 0 Å². The van der Waals surface area contributed by atoms with Crippen molar-refractivity contribution >= 4 is 0 Å². The molecule has 4 nitrogen and oxygen atoms in total. The monoisotopic (exact) mass is 191 g/mol. The smallest absolute Gasteiger partial charge is 0.0897 e. The topological polar surface area (TPSA) is 61.7 Å². The number of aliphatic hydroxyl groups excluding tert-OH is 2. The Balaban J connectivity index is 3.50. The van der Waals surface area contributed by atoms with Crippen molar-refractivity contribution in [1.82, 2.24) is 5.32 Å². The maximum Gasteiger partial charge on any atom is 0.0897 e. The van der Waals surface area contributed by atoms with Crippen molar-refractivity contribution in [3.8, 4) is 0 Å². The predicted molar refractivity (Wildman–Crippen MR) is 51.6 cm³/mol. The lowest BCUT2D eigenvalue weighted by atomic mass is 10.1. The lowest BCUT2D eigenvalue weighted by Crippen LogP contribution is -2.40. The molecule has 0 aliphatic rings. The molecule has 0 saturated carbocycles. The average molecular weight is 191 g/mol. The minimum Gasteiger partial charge on any atom is -0.396 e. The zero-order valence-electron chi connectivity index (χ0n) is 8.66. The van der Waals surface area contributed by atoms with Gasteiger partial charge in [0.05, 0.1) is 12.7 Å². The first-order valence-electron chi connectivity index (χ1n) is 4.63. The van der Waals surface area contributed by atoms with Crippen molar-refractivity contribution in [2.24, 2.45) is 5.92 Å². The fraction of sp³-hybridized carbons (Fsp3) is 1.00. The van der Waals surface area contributed by atoms with E-state index >= 15 is 0 Å². The van der Waals surface area contributed by atoms with E-state index < -0.39 is 6.10 Å². The molecule has 0 aliphatic carbocycles. The Morgan fingerprint density at radius 3 is 2.46 bits per heavy atom. The number of nitrogens with one attached hydrogen (secondary N) is 1. The van der Waals surface area contributed by atoms with E-state index in [1.54, 1.807) is 7.11 Å². The van der Waals surface area contributed by atoms with E-state index in [1.807, 2.05) is 13.8 Å². The van der Waals surface area contributed by atoms with Crippen molar-refractivity contribution in [3.05, 3.63) is 0 Å². The molecule has 0 radical (unpaired) electrons. The molecule has 0 aromatic carbocycles. The van der Waals surface area contributed by atoms with E-state index in [4.69, 9.17) is 9.84 Å². The summed E-state index contributed by atoms with van der Waals surface area (Å²) in [6, 6.07) is 0.205. The van der Waals surface area contributed by atoms with Crippen LogP contribution in [0, 0.1) is 5.92 Å². The highest BCUT2D eigenvalue weighted by Gasteiger charge is 2.11. The summed E-state index contributed by atoms with van der Waals surface area (Å²) in [7, 11) is 1.56. The molecular formula is C9H21NO3. The Bertz CT molecular complexity index is 121. The van der Waals surface area contributed by atoms with Crippen LogP contribution >= 0.6 is 0 Å². The molecule has 0 aromatic heterocycles. The maximum absolute atomic E-state index is 9.30. The van der Waals surface area contributed by atoms with Crippen LogP contribution in [-0.2, 0) is 4.74 Å². The molecule has 0 amide bonds. The van der Waals surface area contributed by atoms with Gasteiger partial charge in [-0.05, 0) is 12.8 Å². The van der Waals surface area contributed by atoms with Crippen LogP contribution in [0.1, 0.15) is 13.8 Å². The summed E-state index contributed by atoms with van der Waals surface area (Å²) in [4.78, 5) is 0. The van der Waals surface area contributed by atoms with Gasteiger partial charge in [0.2, 0.25) is 0 Å². The number of hydrogen-bond acceptors (Lipinski definition) is 4. The first-order valence-corrected chi connectivity index (χ1v) is 4.63. The Labute approximate surface area is 79.9 Å². The molecule has 80 valence electrons. The van der Waals surface area contributed by atoms with Crippen molar-refractivity contribution in [3.63, 3.8) is 0 Å². The van der Waals surface area contributed by atoms with Gasteiger partial charge in [0.15, 0.2) is 0 Å². The molecule has 0 bridgehead atoms. The van der Waals surface area contributed by atoms with Crippen LogP contribution in [0.2, 0.25) is 0 Å². The van der Waals surface area contributed by atoms with Crippen molar-refractivity contribution in [1.29, 1.82) is 0 Å². The van der Waals surface area contributed by atoms with Gasteiger partial charge in [0.25, 0.3) is 0 Å². The van der Waals surface area contributed by atoms with Gasteiger partial charge in [-0.1, -0.05) is 6.92 Å². The standard InChI is InChI=1S/C9H21NO3/c1-7(5-11)8(2)10-4-9(12)6-13-3/h7-12H,4-6H2,1-3H3. The van der Waals surface area contributed by atoms with Crippen molar-refractivity contribution < 1.29 is 14.9 Å². The highest BCUT2D eigenvalue weighted by atomic mass is 16.5. The van der Waals surface area contributed by atoms with Crippen molar-refractivity contribution in [2.75, 3.05) is 26.9 Å². The normalized spacial score (nSPS) is 18.2. The molecule has 0 fully saturated rings. The van der Waals surface area contributed by atoms with Crippen LogP contribution < -0.4 is 5.32 Å². The van der Waals surface area contributed by atoms with E-state index in [0.29, 0.717) is 13.2 Å². The van der Waals surface area contributed by atoms with E-state index in [2.05, 4.69) is 5.32 Å². The van der Waals surface area contributed by atoms with Crippen LogP contribution in [0.15, 0.2) is 0 Å². The molecule has 0 aromatic rings. The van der Waals surface area contributed by atoms with Gasteiger partial charge in [0.1, 0.15) is 0 Å². The molecule has 0 rings (SSSR count). The summed E-state index contributed by atoms with van der Waals surface area (Å²) in [5.74, 6) is 0.203. The lowest BCUT2D eigenvalue weighted by Gasteiger charge is -2.20. The van der Waals surface area contributed by atoms with E-state index in [1.165, 1.54) is 0 Å². The van der Waals surface area contributed by atoms with Gasteiger partial charge >= 0.3 is 0 Å². The first-order chi connectivity index (χ1) is 6.11. The van der Waals surface area contributed by atoms with Crippen LogP contribution in [-0.4, -0.2) is 49.2 Å². The zero-order valence-corrected chi connectivity index (χ0v) is 8.66. The average Bonchev–Trinajstić information content (AvgIpc) is 2.13. The van der Waals surface area contributed by atoms with Crippen molar-refractivity contribution in [2.45, 2.75) is 26.0 Å². The number of ether oxygens (including phenoxy) is 1. The van der Waals surface area contributed by atoms with Gasteiger partial charge < -0.3 is 20.3 Å². The van der Waals surface area contributed by atoms with Gasteiger partial charge in [0, 0.05) is 26.3 Å². The zero-order chi connectivity index (χ0) is 10.3. The molecule has 0 spiro atoms. The van der Waals surface area contributed by atoms with E-state index in [9.17, 15) is 5.11 Å². The SMILES string of the molecule is COCC(O)CNC(C)C(C)CO. The quantitative estimate of drug-likeness (QED) is 0.512. The second-order valence-electron chi connectivity index (χ2n) is 3.47. The molecule has 3 atom stereocenters. The molecule has 0 aliphatic heterocycles. The van der Waals surface area contributed by atoms with Gasteiger partial charge in [-0.3, -0.25) is 0 Å². The Hall–Kier alpha value is -0.160. The summed E-state index contributed by atoms with van der Waals surface area (Å²) in [6.45, 7) is 4.95. The van der Waals surface area contributed by atoms with Crippen LogP contribution in [0.25, 0.3) is 0 Å². The minimum absolute atomic E-state index is 0.161. The first kappa shape index (κ1) is 12.8. The maximum atomic E-state index is 9.30. The van der Waals surface area contributed by atoms with Crippen LogP contribution in [0.4, 0.5) is 0 Å². The Morgan fingerprint density at radius 1 is 1.38 bits per heavy atom. The largest absolute Gasteiger partial charge is 0.396 e. The highest BCUT2D eigenvalue weighted by Crippen LogP contribution is 2.00. The van der Waals surface area contributed by atoms with E-state index in [0.717, 1.165) is 0 Å². The summed E-state index contributed by atoms with van der Waals surface area (Å²) in [6.07, 6.45) is -0.474. The molecule has 3 N–H and O–H groups in total. The number of methoxy groups -OCH3 is 1. The Kier molecular flexibility index (Phi) is 7.17. The molecule has 3 unspecified atom stereocenters. The third-order valence-corrected chi connectivity index (χ3v) is 2.18. The third-order valence-electron chi connectivity index (χ3n) is 2.18. The third kappa shape index (κ3) is 5.99. The molecule has 4 heteroatoms. The number of aliphatic hydroxyl groups is 2. The van der Waals surface area contributed by atoms with Gasteiger partial charge in [-0.15, -0.1) is 0 Å². The molecular weight excluding hydrogens is 170 g/mol. The Morgan fingerprint density at radius 2 is 2.00 bits per heavy atom.